The predicted molar refractivity (Wildman–Crippen MR) is 126 cm³/mol. The van der Waals surface area contributed by atoms with E-state index in [9.17, 15) is 0 Å². The molecule has 6 heteroatoms. The van der Waals surface area contributed by atoms with Crippen molar-refractivity contribution in [3.8, 4) is 0 Å². The first-order valence-corrected chi connectivity index (χ1v) is 20.4. The van der Waals surface area contributed by atoms with Crippen molar-refractivity contribution in [3.05, 3.63) is 74.6 Å². The minimum absolute atomic E-state index is 0. The molecule has 0 amide bonds. The molecule has 2 aliphatic carbocycles. The van der Waals surface area contributed by atoms with Crippen LogP contribution in [0, 0.1) is 11.8 Å². The standard InChI is InChI=1S/2C11H11S.C2H6Si.2ClH.Zr/c2*1-8-6-10(7-9(8)2)11-4-3-5-12-11;1-3-2;;;/h2*3-6,9H,1-2H3;1-2H3;2*1H;/q;;;;;+2/p-2. The molecule has 0 aromatic carbocycles. The summed E-state index contributed by atoms with van der Waals surface area (Å²) in [7, 11) is 0. The van der Waals surface area contributed by atoms with Crippen molar-refractivity contribution in [1.82, 2.24) is 0 Å². The maximum atomic E-state index is 2.60. The van der Waals surface area contributed by atoms with Crippen molar-refractivity contribution in [2.75, 3.05) is 0 Å². The SMILES string of the molecule is CC1=CC(c2cccs2)=[C]([Zr+2]([C]2=C(c3cccs3)C=C(C)C2C)=[Si](C)C)C1C.[Cl-].[Cl-]. The summed E-state index contributed by atoms with van der Waals surface area (Å²) >= 11 is 1.83. The van der Waals surface area contributed by atoms with Crippen molar-refractivity contribution in [2.24, 2.45) is 11.8 Å². The molecular formula is C24H28Cl2S2SiZr. The Hall–Kier alpha value is 0.0400. The molecule has 2 aromatic rings. The van der Waals surface area contributed by atoms with Crippen molar-refractivity contribution >= 4 is 39.3 Å². The molecule has 0 N–H and O–H groups in total. The second-order valence-electron chi connectivity index (χ2n) is 8.20. The summed E-state index contributed by atoms with van der Waals surface area (Å²) in [6.45, 7) is 14.8. The second-order valence-corrected chi connectivity index (χ2v) is 26.9. The molecule has 0 aliphatic heterocycles. The molecule has 0 spiro atoms. The topological polar surface area (TPSA) is 0 Å². The van der Waals surface area contributed by atoms with Gasteiger partial charge in [-0.15, -0.1) is 0 Å². The third kappa shape index (κ3) is 4.70. The van der Waals surface area contributed by atoms with Crippen LogP contribution in [-0.4, -0.2) is 5.43 Å². The fourth-order valence-corrected chi connectivity index (χ4v) is 25.9. The molecule has 158 valence electrons. The van der Waals surface area contributed by atoms with Gasteiger partial charge in [-0.05, 0) is 0 Å². The molecule has 0 radical (unpaired) electrons. The summed E-state index contributed by atoms with van der Waals surface area (Å²) in [4.78, 5) is 2.96. The van der Waals surface area contributed by atoms with E-state index in [-0.39, 0.29) is 30.2 Å². The van der Waals surface area contributed by atoms with Crippen molar-refractivity contribution < 1.29 is 45.2 Å². The summed E-state index contributed by atoms with van der Waals surface area (Å²) in [6.07, 6.45) is 5.03. The fourth-order valence-electron chi connectivity index (χ4n) is 4.44. The van der Waals surface area contributed by atoms with Gasteiger partial charge in [-0.25, -0.2) is 0 Å². The van der Waals surface area contributed by atoms with Crippen LogP contribution in [0.4, 0.5) is 0 Å². The molecule has 2 unspecified atom stereocenters. The predicted octanol–water partition coefficient (Wildman–Crippen LogP) is 2.00. The number of hydrogen-bond donors (Lipinski definition) is 0. The van der Waals surface area contributed by atoms with Gasteiger partial charge in [0, 0.05) is 0 Å². The normalized spacial score (nSPS) is 20.3. The number of allylic oxidation sites excluding steroid dienone is 8. The molecule has 4 rings (SSSR count). The smallest absolute Gasteiger partial charge is 1.00 e. The molecule has 30 heavy (non-hydrogen) atoms. The Bertz CT molecular complexity index is 986. The second kappa shape index (κ2) is 10.8. The monoisotopic (exact) mass is 568 g/mol. The average Bonchev–Trinajstić information content (AvgIpc) is 3.43. The van der Waals surface area contributed by atoms with Gasteiger partial charge in [0.05, 0.1) is 0 Å². The Kier molecular flexibility index (Phi) is 9.44. The molecular weight excluding hydrogens is 543 g/mol. The van der Waals surface area contributed by atoms with Gasteiger partial charge in [-0.1, -0.05) is 0 Å². The summed E-state index contributed by atoms with van der Waals surface area (Å²) in [5, 5.41) is 4.47. The Morgan fingerprint density at radius 3 is 1.47 bits per heavy atom. The van der Waals surface area contributed by atoms with Crippen LogP contribution >= 0.6 is 22.7 Å². The van der Waals surface area contributed by atoms with Crippen LogP contribution in [0.1, 0.15) is 37.4 Å². The Labute approximate surface area is 209 Å². The molecule has 2 atom stereocenters. The van der Waals surface area contributed by atoms with Gasteiger partial charge >= 0.3 is 187 Å². The van der Waals surface area contributed by atoms with E-state index < -0.39 is 20.4 Å². The Morgan fingerprint density at radius 1 is 0.767 bits per heavy atom. The van der Waals surface area contributed by atoms with E-state index >= 15 is 0 Å². The van der Waals surface area contributed by atoms with Gasteiger partial charge in [0.15, 0.2) is 0 Å². The molecule has 0 nitrogen and oxygen atoms in total. The van der Waals surface area contributed by atoms with Gasteiger partial charge in [0.2, 0.25) is 0 Å². The maximum absolute atomic E-state index is 2.60. The van der Waals surface area contributed by atoms with E-state index in [1.54, 1.807) is 22.3 Å². The van der Waals surface area contributed by atoms with Crippen molar-refractivity contribution in [2.45, 2.75) is 40.8 Å². The molecule has 0 saturated heterocycles. The van der Waals surface area contributed by atoms with Gasteiger partial charge in [-0.2, -0.15) is 0 Å². The molecule has 0 saturated carbocycles. The zero-order valence-corrected chi connectivity index (χ0v) is 24.9. The van der Waals surface area contributed by atoms with Crippen LogP contribution < -0.4 is 24.8 Å². The van der Waals surface area contributed by atoms with Gasteiger partial charge in [-0.3, -0.25) is 0 Å². The van der Waals surface area contributed by atoms with E-state index in [4.69, 9.17) is 0 Å². The minimum atomic E-state index is -2.00. The molecule has 2 aliphatic rings. The van der Waals surface area contributed by atoms with Crippen LogP contribution in [0.5, 0.6) is 0 Å². The van der Waals surface area contributed by atoms with Gasteiger partial charge in [0.25, 0.3) is 0 Å². The molecule has 0 bridgehead atoms. The summed E-state index contributed by atoms with van der Waals surface area (Å²) < 4.78 is 3.75. The zero-order chi connectivity index (χ0) is 20.0. The van der Waals surface area contributed by atoms with Crippen LogP contribution in [0.25, 0.3) is 11.1 Å². The fraction of sp³-hybridized carbons (Fsp3) is 0.333. The Balaban J connectivity index is 0.00000160. The molecule has 2 heterocycles. The number of hydrogen-bond acceptors (Lipinski definition) is 2. The van der Waals surface area contributed by atoms with Gasteiger partial charge in [0.1, 0.15) is 0 Å². The number of halogens is 2. The van der Waals surface area contributed by atoms with E-state index in [1.807, 2.05) is 29.2 Å². The maximum Gasteiger partial charge on any atom is -1.00 e. The largest absolute Gasteiger partial charge is 1.00 e. The first-order valence-electron chi connectivity index (χ1n) is 10.0. The van der Waals surface area contributed by atoms with Crippen LogP contribution in [0.15, 0.2) is 64.9 Å². The van der Waals surface area contributed by atoms with E-state index in [2.05, 4.69) is 88.0 Å². The van der Waals surface area contributed by atoms with Crippen LogP contribution in [0.3, 0.4) is 0 Å². The quantitative estimate of drug-likeness (QED) is 0.494. The number of rotatable bonds is 4. The molecule has 2 aromatic heterocycles. The minimum Gasteiger partial charge on any atom is -1.00 e. The first kappa shape index (κ1) is 26.3. The third-order valence-corrected chi connectivity index (χ3v) is 25.6. The van der Waals surface area contributed by atoms with E-state index in [1.165, 1.54) is 9.75 Å². The van der Waals surface area contributed by atoms with Crippen molar-refractivity contribution in [3.63, 3.8) is 0 Å². The summed E-state index contributed by atoms with van der Waals surface area (Å²) in [6, 6.07) is 9.08. The van der Waals surface area contributed by atoms with E-state index in [0.717, 1.165) is 0 Å². The Morgan fingerprint density at radius 2 is 1.17 bits per heavy atom. The molecule has 0 fully saturated rings. The van der Waals surface area contributed by atoms with Crippen LogP contribution in [-0.2, 0) is 20.4 Å². The zero-order valence-electron chi connectivity index (χ0n) is 18.3. The summed E-state index contributed by atoms with van der Waals surface area (Å²) in [5.41, 5.74) is 5.94. The van der Waals surface area contributed by atoms with E-state index in [0.29, 0.717) is 11.8 Å². The third-order valence-electron chi connectivity index (χ3n) is 6.17. The first-order chi connectivity index (χ1) is 13.4. The van der Waals surface area contributed by atoms with Crippen LogP contribution in [0.2, 0.25) is 13.1 Å². The average molecular weight is 571 g/mol. The summed E-state index contributed by atoms with van der Waals surface area (Å²) in [5.74, 6) is 1.24. The number of thiophene rings is 2. The van der Waals surface area contributed by atoms with Gasteiger partial charge < -0.3 is 24.8 Å². The van der Waals surface area contributed by atoms with Crippen molar-refractivity contribution in [1.29, 1.82) is 0 Å².